The van der Waals surface area contributed by atoms with Crippen molar-refractivity contribution in [1.82, 2.24) is 4.98 Å². The minimum absolute atomic E-state index is 0.0318. The summed E-state index contributed by atoms with van der Waals surface area (Å²) in [6.45, 7) is 1.49. The number of thiazole rings is 1. The summed E-state index contributed by atoms with van der Waals surface area (Å²) in [6, 6.07) is 20.5. The van der Waals surface area contributed by atoms with E-state index in [0.717, 1.165) is 17.1 Å². The number of anilines is 2. The molecule has 0 unspecified atom stereocenters. The molecule has 0 atom stereocenters. The van der Waals surface area contributed by atoms with Crippen LogP contribution >= 0.6 is 22.9 Å². The molecule has 8 heteroatoms. The zero-order valence-corrected chi connectivity index (χ0v) is 19.4. The first-order valence-electron chi connectivity index (χ1n) is 10.3. The molecule has 33 heavy (non-hydrogen) atoms. The number of aromatic nitrogens is 1. The zero-order valence-electron chi connectivity index (χ0n) is 17.9. The van der Waals surface area contributed by atoms with Gasteiger partial charge in [-0.25, -0.2) is 4.98 Å². The van der Waals surface area contributed by atoms with Crippen molar-refractivity contribution in [1.29, 1.82) is 0 Å². The van der Waals surface area contributed by atoms with Crippen LogP contribution in [0.1, 0.15) is 24.8 Å². The molecule has 0 N–H and O–H groups in total. The molecule has 2 heterocycles. The standard InChI is InChI=1S/C25H21ClN2O4S/c1-17(29)28(21-9-5-8-19(26)14-21)25-27-20(16-33-25)15-31-24(30)13-11-22-10-12-23(32-22)18-6-3-2-4-7-18/h2-10,12,14,16H,11,13,15H2,1H3. The summed E-state index contributed by atoms with van der Waals surface area (Å²) < 4.78 is 11.2. The van der Waals surface area contributed by atoms with Crippen molar-refractivity contribution in [3.8, 4) is 11.3 Å². The van der Waals surface area contributed by atoms with E-state index in [1.54, 1.807) is 29.6 Å². The quantitative estimate of drug-likeness (QED) is 0.272. The van der Waals surface area contributed by atoms with Gasteiger partial charge in [0, 0.05) is 29.3 Å². The second-order valence-corrected chi connectivity index (χ2v) is 8.52. The molecule has 0 aliphatic heterocycles. The van der Waals surface area contributed by atoms with Gasteiger partial charge < -0.3 is 9.15 Å². The van der Waals surface area contributed by atoms with Gasteiger partial charge in [0.1, 0.15) is 18.1 Å². The maximum Gasteiger partial charge on any atom is 0.306 e. The number of carbonyl (C=O) groups excluding carboxylic acids is 2. The molecule has 0 spiro atoms. The van der Waals surface area contributed by atoms with Crippen LogP contribution in [0.25, 0.3) is 11.3 Å². The summed E-state index contributed by atoms with van der Waals surface area (Å²) in [6.07, 6.45) is 0.641. The van der Waals surface area contributed by atoms with Gasteiger partial charge in [0.25, 0.3) is 0 Å². The highest BCUT2D eigenvalue weighted by molar-refractivity contribution is 7.14. The third-order valence-electron chi connectivity index (χ3n) is 4.79. The number of nitrogens with zero attached hydrogens (tertiary/aromatic N) is 2. The van der Waals surface area contributed by atoms with Crippen molar-refractivity contribution < 1.29 is 18.7 Å². The molecule has 4 rings (SSSR count). The fourth-order valence-corrected chi connectivity index (χ4v) is 4.29. The van der Waals surface area contributed by atoms with E-state index in [0.29, 0.717) is 28.0 Å². The largest absolute Gasteiger partial charge is 0.461 e. The molecular weight excluding hydrogens is 460 g/mol. The maximum atomic E-state index is 12.2. The van der Waals surface area contributed by atoms with Gasteiger partial charge in [0.05, 0.1) is 17.8 Å². The van der Waals surface area contributed by atoms with Crippen LogP contribution in [0, 0.1) is 0 Å². The molecule has 168 valence electrons. The lowest BCUT2D eigenvalue weighted by Crippen LogP contribution is -2.22. The second kappa shape index (κ2) is 10.5. The smallest absolute Gasteiger partial charge is 0.306 e. The number of rotatable bonds is 8. The molecule has 0 saturated heterocycles. The van der Waals surface area contributed by atoms with Crippen molar-refractivity contribution in [2.75, 3.05) is 4.90 Å². The highest BCUT2D eigenvalue weighted by Gasteiger charge is 2.19. The molecule has 2 aromatic heterocycles. The van der Waals surface area contributed by atoms with E-state index in [-0.39, 0.29) is 24.9 Å². The first-order valence-corrected chi connectivity index (χ1v) is 11.6. The topological polar surface area (TPSA) is 72.6 Å². The van der Waals surface area contributed by atoms with E-state index in [4.69, 9.17) is 20.8 Å². The van der Waals surface area contributed by atoms with Gasteiger partial charge >= 0.3 is 5.97 Å². The third kappa shape index (κ3) is 5.88. The van der Waals surface area contributed by atoms with E-state index in [9.17, 15) is 9.59 Å². The summed E-state index contributed by atoms with van der Waals surface area (Å²) in [5.41, 5.74) is 2.19. The second-order valence-electron chi connectivity index (χ2n) is 7.25. The third-order valence-corrected chi connectivity index (χ3v) is 5.90. The van der Waals surface area contributed by atoms with Gasteiger partial charge in [0.15, 0.2) is 5.13 Å². The number of hydrogen-bond donors (Lipinski definition) is 0. The summed E-state index contributed by atoms with van der Waals surface area (Å²) in [7, 11) is 0. The van der Waals surface area contributed by atoms with E-state index < -0.39 is 0 Å². The average Bonchev–Trinajstić information content (AvgIpc) is 3.47. The van der Waals surface area contributed by atoms with Crippen LogP contribution in [-0.2, 0) is 27.4 Å². The van der Waals surface area contributed by atoms with Crippen LogP contribution in [0.3, 0.4) is 0 Å². The van der Waals surface area contributed by atoms with E-state index in [1.165, 1.54) is 23.2 Å². The van der Waals surface area contributed by atoms with Gasteiger partial charge in [-0.15, -0.1) is 11.3 Å². The monoisotopic (exact) mass is 480 g/mol. The molecule has 0 aliphatic rings. The van der Waals surface area contributed by atoms with Gasteiger partial charge in [-0.1, -0.05) is 48.0 Å². The molecule has 4 aromatic rings. The van der Waals surface area contributed by atoms with Gasteiger partial charge in [-0.2, -0.15) is 0 Å². The fourth-order valence-electron chi connectivity index (χ4n) is 3.23. The first-order chi connectivity index (χ1) is 16.0. The van der Waals surface area contributed by atoms with Crippen LogP contribution in [-0.4, -0.2) is 16.9 Å². The summed E-state index contributed by atoms with van der Waals surface area (Å²) in [4.78, 5) is 30.3. The maximum absolute atomic E-state index is 12.2. The molecule has 0 fully saturated rings. The number of ether oxygens (including phenoxy) is 1. The molecule has 2 aromatic carbocycles. The predicted octanol–water partition coefficient (Wildman–Crippen LogP) is 6.42. The SMILES string of the molecule is CC(=O)N(c1cccc(Cl)c1)c1nc(COC(=O)CCc2ccc(-c3ccccc3)o2)cs1. The normalized spacial score (nSPS) is 10.7. The van der Waals surface area contributed by atoms with Crippen LogP contribution in [0.15, 0.2) is 76.5 Å². The molecular formula is C25H21ClN2O4S. The van der Waals surface area contributed by atoms with Crippen molar-refractivity contribution in [3.05, 3.63) is 88.6 Å². The molecule has 0 bridgehead atoms. The predicted molar refractivity (Wildman–Crippen MR) is 129 cm³/mol. The number of benzene rings is 2. The fraction of sp³-hybridized carbons (Fsp3) is 0.160. The van der Waals surface area contributed by atoms with Crippen molar-refractivity contribution in [2.24, 2.45) is 0 Å². The summed E-state index contributed by atoms with van der Waals surface area (Å²) >= 11 is 7.35. The van der Waals surface area contributed by atoms with E-state index in [2.05, 4.69) is 4.98 Å². The Morgan fingerprint density at radius 3 is 2.67 bits per heavy atom. The van der Waals surface area contributed by atoms with E-state index in [1.807, 2.05) is 42.5 Å². The zero-order chi connectivity index (χ0) is 23.2. The summed E-state index contributed by atoms with van der Waals surface area (Å²) in [5.74, 6) is 0.952. The average molecular weight is 481 g/mol. The lowest BCUT2D eigenvalue weighted by Gasteiger charge is -2.18. The first kappa shape index (κ1) is 22.8. The highest BCUT2D eigenvalue weighted by Crippen LogP contribution is 2.30. The molecule has 6 nitrogen and oxygen atoms in total. The summed E-state index contributed by atoms with van der Waals surface area (Å²) in [5, 5.41) is 2.78. The number of hydrogen-bond acceptors (Lipinski definition) is 6. The van der Waals surface area contributed by atoms with E-state index >= 15 is 0 Å². The number of furan rings is 1. The minimum atomic E-state index is -0.347. The Hall–Kier alpha value is -3.42. The molecule has 0 aliphatic carbocycles. The Bertz CT molecular complexity index is 1250. The van der Waals surface area contributed by atoms with Crippen LogP contribution < -0.4 is 4.90 Å². The van der Waals surface area contributed by atoms with Crippen LogP contribution in [0.5, 0.6) is 0 Å². The van der Waals surface area contributed by atoms with Gasteiger partial charge in [-0.05, 0) is 30.3 Å². The lowest BCUT2D eigenvalue weighted by molar-refractivity contribution is -0.145. The van der Waals surface area contributed by atoms with Crippen LogP contribution in [0.2, 0.25) is 5.02 Å². The molecule has 1 amide bonds. The minimum Gasteiger partial charge on any atom is -0.461 e. The Morgan fingerprint density at radius 1 is 1.09 bits per heavy atom. The van der Waals surface area contributed by atoms with Crippen molar-refractivity contribution in [2.45, 2.75) is 26.4 Å². The van der Waals surface area contributed by atoms with Gasteiger partial charge in [0.2, 0.25) is 5.91 Å². The van der Waals surface area contributed by atoms with Crippen molar-refractivity contribution in [3.63, 3.8) is 0 Å². The number of esters is 1. The number of halogens is 1. The highest BCUT2D eigenvalue weighted by atomic mass is 35.5. The number of aryl methyl sites for hydroxylation is 1. The molecule has 0 saturated carbocycles. The Labute approximate surface area is 200 Å². The Balaban J connectivity index is 1.31. The lowest BCUT2D eigenvalue weighted by atomic mass is 10.2. The molecule has 0 radical (unpaired) electrons. The Kier molecular flexibility index (Phi) is 7.22. The van der Waals surface area contributed by atoms with Gasteiger partial charge in [-0.3, -0.25) is 14.5 Å². The number of carbonyl (C=O) groups is 2. The number of amides is 1. The van der Waals surface area contributed by atoms with Crippen molar-refractivity contribution >= 4 is 45.6 Å². The Morgan fingerprint density at radius 2 is 1.91 bits per heavy atom. The van der Waals surface area contributed by atoms with Crippen LogP contribution in [0.4, 0.5) is 10.8 Å².